The van der Waals surface area contributed by atoms with Crippen molar-refractivity contribution in [2.45, 2.75) is 393 Å². The summed E-state index contributed by atoms with van der Waals surface area (Å²) in [6, 6.07) is 0. The molecule has 19 heteroatoms. The van der Waals surface area contributed by atoms with Crippen molar-refractivity contribution in [2.24, 2.45) is 5.92 Å². The lowest BCUT2D eigenvalue weighted by Crippen LogP contribution is -2.30. The van der Waals surface area contributed by atoms with E-state index in [9.17, 15) is 43.2 Å². The largest absolute Gasteiger partial charge is 0.472 e. The zero-order chi connectivity index (χ0) is 67.0. The van der Waals surface area contributed by atoms with Gasteiger partial charge in [-0.25, -0.2) is 9.13 Å². The highest BCUT2D eigenvalue weighted by Gasteiger charge is 2.30. The molecule has 0 aromatic carbocycles. The number of ether oxygens (including phenoxy) is 4. The number of aliphatic hydroxyl groups is 1. The summed E-state index contributed by atoms with van der Waals surface area (Å²) in [4.78, 5) is 72.6. The van der Waals surface area contributed by atoms with Crippen LogP contribution < -0.4 is 0 Å². The summed E-state index contributed by atoms with van der Waals surface area (Å²) < 4.78 is 68.4. The maximum absolute atomic E-state index is 13.0. The molecule has 0 heterocycles. The maximum Gasteiger partial charge on any atom is 0.472 e. The van der Waals surface area contributed by atoms with Gasteiger partial charge in [-0.05, 0) is 31.6 Å². The van der Waals surface area contributed by atoms with E-state index in [4.69, 9.17) is 37.0 Å². The Kier molecular flexibility index (Phi) is 64.0. The van der Waals surface area contributed by atoms with Gasteiger partial charge < -0.3 is 33.8 Å². The van der Waals surface area contributed by atoms with E-state index >= 15 is 0 Å². The summed E-state index contributed by atoms with van der Waals surface area (Å²) in [5.74, 6) is -1.31. The van der Waals surface area contributed by atoms with Crippen LogP contribution in [0.15, 0.2) is 0 Å². The van der Waals surface area contributed by atoms with Gasteiger partial charge in [-0.2, -0.15) is 0 Å². The minimum atomic E-state index is -4.95. The number of carbonyl (C=O) groups is 4. The van der Waals surface area contributed by atoms with Crippen molar-refractivity contribution in [1.29, 1.82) is 0 Å². The number of hydrogen-bond acceptors (Lipinski definition) is 15. The lowest BCUT2D eigenvalue weighted by atomic mass is 9.99. The monoisotopic (exact) mass is 1340 g/mol. The normalized spacial score (nSPS) is 14.3. The number of unbranched alkanes of at least 4 members (excludes halogenated alkanes) is 43. The van der Waals surface area contributed by atoms with E-state index < -0.39 is 97.5 Å². The van der Waals surface area contributed by atoms with E-state index in [0.29, 0.717) is 25.7 Å². The Morgan fingerprint density at radius 3 is 0.780 bits per heavy atom. The summed E-state index contributed by atoms with van der Waals surface area (Å²) >= 11 is 0. The molecule has 0 aliphatic rings. The smallest absolute Gasteiger partial charge is 0.462 e. The first-order chi connectivity index (χ1) is 44.1. The number of phosphoric acid groups is 2. The molecular formula is C72H140O17P2. The molecule has 17 nitrogen and oxygen atoms in total. The fraction of sp³-hybridized carbons (Fsp3) is 0.944. The molecule has 91 heavy (non-hydrogen) atoms. The van der Waals surface area contributed by atoms with Gasteiger partial charge in [0, 0.05) is 25.7 Å². The van der Waals surface area contributed by atoms with Crippen molar-refractivity contribution >= 4 is 39.5 Å². The molecule has 6 atom stereocenters. The van der Waals surface area contributed by atoms with E-state index in [1.807, 2.05) is 0 Å². The summed E-state index contributed by atoms with van der Waals surface area (Å²) in [6.07, 6.45) is 52.4. The highest BCUT2D eigenvalue weighted by atomic mass is 31.2. The zero-order valence-corrected chi connectivity index (χ0v) is 60.8. The summed E-state index contributed by atoms with van der Waals surface area (Å²) in [5, 5.41) is 10.6. The molecule has 0 amide bonds. The molecule has 0 rings (SSSR count). The highest BCUT2D eigenvalue weighted by molar-refractivity contribution is 7.47. The second-order valence-corrected chi connectivity index (χ2v) is 29.1. The van der Waals surface area contributed by atoms with Crippen LogP contribution in [-0.2, 0) is 65.4 Å². The van der Waals surface area contributed by atoms with Gasteiger partial charge in [0.25, 0.3) is 0 Å². The third-order valence-electron chi connectivity index (χ3n) is 17.1. The van der Waals surface area contributed by atoms with Gasteiger partial charge in [-0.15, -0.1) is 0 Å². The van der Waals surface area contributed by atoms with Gasteiger partial charge >= 0.3 is 39.5 Å². The molecule has 3 N–H and O–H groups in total. The average molecular weight is 1340 g/mol. The third kappa shape index (κ3) is 65.1. The predicted molar refractivity (Wildman–Crippen MR) is 368 cm³/mol. The van der Waals surface area contributed by atoms with Crippen LogP contribution in [0, 0.1) is 5.92 Å². The van der Waals surface area contributed by atoms with Gasteiger partial charge in [-0.3, -0.25) is 37.3 Å². The maximum atomic E-state index is 13.0. The molecule has 0 radical (unpaired) electrons. The Bertz CT molecular complexity index is 1760. The molecule has 540 valence electrons. The van der Waals surface area contributed by atoms with Crippen LogP contribution in [0.4, 0.5) is 0 Å². The topological polar surface area (TPSA) is 237 Å². The second-order valence-electron chi connectivity index (χ2n) is 26.2. The number of esters is 4. The van der Waals surface area contributed by atoms with E-state index in [1.54, 1.807) is 0 Å². The van der Waals surface area contributed by atoms with E-state index in [2.05, 4.69) is 34.6 Å². The molecule has 0 aromatic rings. The summed E-state index contributed by atoms with van der Waals surface area (Å²) in [5.41, 5.74) is 0. The van der Waals surface area contributed by atoms with Crippen molar-refractivity contribution < 1.29 is 80.2 Å². The third-order valence-corrected chi connectivity index (χ3v) is 19.0. The van der Waals surface area contributed by atoms with Crippen LogP contribution in [0.2, 0.25) is 0 Å². The molecule has 0 saturated carbocycles. The van der Waals surface area contributed by atoms with E-state index in [-0.39, 0.29) is 25.7 Å². The van der Waals surface area contributed by atoms with Crippen molar-refractivity contribution in [2.75, 3.05) is 39.6 Å². The van der Waals surface area contributed by atoms with Crippen LogP contribution in [0.5, 0.6) is 0 Å². The Morgan fingerprint density at radius 2 is 0.527 bits per heavy atom. The Hall–Kier alpha value is -1.94. The second kappa shape index (κ2) is 65.4. The van der Waals surface area contributed by atoms with E-state index in [0.717, 1.165) is 95.8 Å². The first-order valence-electron chi connectivity index (χ1n) is 37.7. The van der Waals surface area contributed by atoms with Crippen molar-refractivity contribution in [3.63, 3.8) is 0 Å². The highest BCUT2D eigenvalue weighted by Crippen LogP contribution is 2.45. The van der Waals surface area contributed by atoms with Gasteiger partial charge in [0.05, 0.1) is 26.4 Å². The van der Waals surface area contributed by atoms with Gasteiger partial charge in [0.2, 0.25) is 0 Å². The van der Waals surface area contributed by atoms with Crippen molar-refractivity contribution in [3.8, 4) is 0 Å². The first kappa shape index (κ1) is 89.1. The molecule has 0 aromatic heterocycles. The van der Waals surface area contributed by atoms with Crippen molar-refractivity contribution in [3.05, 3.63) is 0 Å². The average Bonchev–Trinajstić information content (AvgIpc) is 3.41. The standard InChI is InChI=1S/C72H140O17P2/c1-6-10-13-16-19-22-25-27-29-30-36-41-46-51-56-70(75)83-62-68(89-72(77)58-53-48-43-38-33-32-34-39-44-49-54-65(5)9-4)64-87-91(80,81)85-60-66(73)59-84-90(78,79)86-63-67(61-82-69(74)55-50-45-40-35-24-21-18-15-12-8-3)88-71(76)57-52-47-42-37-31-28-26-23-20-17-14-11-7-2/h65-68,73H,6-64H2,1-5H3,(H,78,79)(H,80,81)/t65?,66-,67+,68+/m0/s1. The van der Waals surface area contributed by atoms with Crippen LogP contribution in [0.25, 0.3) is 0 Å². The quantitative estimate of drug-likeness (QED) is 0.0222. The Morgan fingerprint density at radius 1 is 0.308 bits per heavy atom. The molecule has 0 saturated heterocycles. The van der Waals surface area contributed by atoms with Gasteiger partial charge in [-0.1, -0.05) is 324 Å². The van der Waals surface area contributed by atoms with Crippen LogP contribution >= 0.6 is 15.6 Å². The van der Waals surface area contributed by atoms with Crippen molar-refractivity contribution in [1.82, 2.24) is 0 Å². The predicted octanol–water partition coefficient (Wildman–Crippen LogP) is 20.9. The first-order valence-corrected chi connectivity index (χ1v) is 40.7. The fourth-order valence-corrected chi connectivity index (χ4v) is 12.5. The summed E-state index contributed by atoms with van der Waals surface area (Å²) in [6.45, 7) is 7.29. The SMILES string of the molecule is CCCCCCCCCCCCCCCCC(=O)OC[C@H](COP(=O)(O)OC[C@@H](O)COP(=O)(O)OC[C@@H](COC(=O)CCCCCCCCCCCC)OC(=O)CCCCCCCCCCCCCCC)OC(=O)CCCCCCCCCCCCC(C)CC. The summed E-state index contributed by atoms with van der Waals surface area (Å²) in [7, 11) is -9.90. The molecule has 0 aliphatic carbocycles. The number of hydrogen-bond donors (Lipinski definition) is 3. The molecule has 0 bridgehead atoms. The van der Waals surface area contributed by atoms with Crippen LogP contribution in [0.1, 0.15) is 375 Å². The molecule has 0 aliphatic heterocycles. The number of carbonyl (C=O) groups excluding carboxylic acids is 4. The molecule has 0 spiro atoms. The minimum absolute atomic E-state index is 0.107. The van der Waals surface area contributed by atoms with Crippen LogP contribution in [-0.4, -0.2) is 96.7 Å². The molecule has 0 fully saturated rings. The lowest BCUT2D eigenvalue weighted by Gasteiger charge is -2.21. The minimum Gasteiger partial charge on any atom is -0.462 e. The van der Waals surface area contributed by atoms with Gasteiger partial charge in [0.1, 0.15) is 19.3 Å². The Labute approximate surface area is 556 Å². The Balaban J connectivity index is 5.25. The zero-order valence-electron chi connectivity index (χ0n) is 59.0. The molecule has 3 unspecified atom stereocenters. The number of phosphoric ester groups is 2. The lowest BCUT2D eigenvalue weighted by molar-refractivity contribution is -0.161. The molecular weight excluding hydrogens is 1200 g/mol. The van der Waals surface area contributed by atoms with Gasteiger partial charge in [0.15, 0.2) is 12.2 Å². The number of rotatable bonds is 72. The fourth-order valence-electron chi connectivity index (χ4n) is 11.0. The number of aliphatic hydroxyl groups excluding tert-OH is 1. The van der Waals surface area contributed by atoms with E-state index in [1.165, 1.54) is 199 Å². The van der Waals surface area contributed by atoms with Crippen LogP contribution in [0.3, 0.4) is 0 Å².